The van der Waals surface area contributed by atoms with E-state index in [1.54, 1.807) is 0 Å². The molecule has 0 spiro atoms. The minimum absolute atomic E-state index is 0.452. The van der Waals surface area contributed by atoms with Crippen molar-refractivity contribution in [2.75, 3.05) is 13.6 Å². The molecule has 1 saturated carbocycles. The summed E-state index contributed by atoms with van der Waals surface area (Å²) in [4.78, 5) is 2.36. The van der Waals surface area contributed by atoms with E-state index in [-0.39, 0.29) is 0 Å². The van der Waals surface area contributed by atoms with E-state index in [1.807, 2.05) is 0 Å². The Morgan fingerprint density at radius 2 is 2.28 bits per heavy atom. The average Bonchev–Trinajstić information content (AvgIpc) is 2.74. The van der Waals surface area contributed by atoms with Gasteiger partial charge in [-0.1, -0.05) is 6.92 Å². The fourth-order valence-corrected chi connectivity index (χ4v) is 2.61. The molecule has 0 radical (unpaired) electrons. The molecule has 1 unspecified atom stereocenters. The van der Waals surface area contributed by atoms with Gasteiger partial charge in [-0.15, -0.1) is 0 Å². The highest BCUT2D eigenvalue weighted by Gasteiger charge is 2.26. The van der Waals surface area contributed by atoms with E-state index in [1.165, 1.54) is 18.5 Å². The van der Waals surface area contributed by atoms with Gasteiger partial charge in [0.1, 0.15) is 0 Å². The molecule has 4 heteroatoms. The zero-order chi connectivity index (χ0) is 13.1. The van der Waals surface area contributed by atoms with Crippen molar-refractivity contribution in [2.45, 2.75) is 51.7 Å². The highest BCUT2D eigenvalue weighted by atomic mass is 15.3. The van der Waals surface area contributed by atoms with E-state index in [4.69, 9.17) is 5.73 Å². The van der Waals surface area contributed by atoms with Crippen LogP contribution in [0.5, 0.6) is 0 Å². The zero-order valence-electron chi connectivity index (χ0n) is 11.8. The summed E-state index contributed by atoms with van der Waals surface area (Å²) in [5.74, 6) is 0.793. The van der Waals surface area contributed by atoms with Gasteiger partial charge in [-0.2, -0.15) is 5.10 Å². The summed E-state index contributed by atoms with van der Waals surface area (Å²) in [7, 11) is 2.17. The Kier molecular flexibility index (Phi) is 4.40. The molecule has 0 saturated heterocycles. The molecule has 18 heavy (non-hydrogen) atoms. The van der Waals surface area contributed by atoms with Gasteiger partial charge in [0.2, 0.25) is 0 Å². The average molecular weight is 250 g/mol. The van der Waals surface area contributed by atoms with Gasteiger partial charge in [-0.25, -0.2) is 0 Å². The normalized spacial score (nSPS) is 25.2. The van der Waals surface area contributed by atoms with Crippen molar-refractivity contribution in [3.05, 3.63) is 18.0 Å². The van der Waals surface area contributed by atoms with Crippen molar-refractivity contribution in [3.8, 4) is 0 Å². The molecule has 1 aliphatic rings. The third kappa shape index (κ3) is 3.33. The van der Waals surface area contributed by atoms with Crippen LogP contribution in [-0.4, -0.2) is 34.3 Å². The summed E-state index contributed by atoms with van der Waals surface area (Å²) in [5, 5.41) is 4.64. The minimum Gasteiger partial charge on any atom is -0.328 e. The molecule has 1 heterocycles. The van der Waals surface area contributed by atoms with Crippen molar-refractivity contribution >= 4 is 0 Å². The second-order valence-corrected chi connectivity index (χ2v) is 5.84. The second kappa shape index (κ2) is 5.85. The summed E-state index contributed by atoms with van der Waals surface area (Å²) in [5.41, 5.74) is 6.98. The molecule has 1 aromatic rings. The maximum Gasteiger partial charge on any atom is 0.0764 e. The maximum atomic E-state index is 5.81. The molecular weight excluding hydrogens is 224 g/mol. The maximum absolute atomic E-state index is 5.81. The lowest BCUT2D eigenvalue weighted by molar-refractivity contribution is 0.177. The fraction of sp³-hybridized carbons (Fsp3) is 0.786. The predicted molar refractivity (Wildman–Crippen MR) is 74.3 cm³/mol. The van der Waals surface area contributed by atoms with E-state index in [0.717, 1.165) is 25.4 Å². The van der Waals surface area contributed by atoms with Crippen LogP contribution in [0.15, 0.2) is 12.3 Å². The second-order valence-electron chi connectivity index (χ2n) is 5.84. The highest BCUT2D eigenvalue weighted by Crippen LogP contribution is 2.26. The Morgan fingerprint density at radius 3 is 2.89 bits per heavy atom. The molecule has 1 atom stereocenters. The Hall–Kier alpha value is -0.870. The summed E-state index contributed by atoms with van der Waals surface area (Å²) < 4.78 is 2.07. The lowest BCUT2D eigenvalue weighted by atomic mass is 9.80. The van der Waals surface area contributed by atoms with E-state index in [9.17, 15) is 0 Å². The lowest BCUT2D eigenvalue weighted by Crippen LogP contribution is -2.41. The van der Waals surface area contributed by atoms with Crippen LogP contribution in [0.25, 0.3) is 0 Å². The van der Waals surface area contributed by atoms with E-state index in [0.29, 0.717) is 12.1 Å². The molecule has 102 valence electrons. The van der Waals surface area contributed by atoms with Crippen LogP contribution in [0.3, 0.4) is 0 Å². The smallest absolute Gasteiger partial charge is 0.0764 e. The molecule has 1 fully saturated rings. The predicted octanol–water partition coefficient (Wildman–Crippen LogP) is 2.02. The SMILES string of the molecule is CCC(C)n1ccc(CN(C)CC2CC(N)C2)n1. The third-order valence-electron chi connectivity index (χ3n) is 3.98. The van der Waals surface area contributed by atoms with Crippen LogP contribution in [0.1, 0.15) is 44.8 Å². The number of rotatable bonds is 6. The Labute approximate surface area is 110 Å². The van der Waals surface area contributed by atoms with Crippen LogP contribution in [0, 0.1) is 5.92 Å². The monoisotopic (exact) mass is 250 g/mol. The Morgan fingerprint density at radius 1 is 1.56 bits per heavy atom. The summed E-state index contributed by atoms with van der Waals surface area (Å²) >= 11 is 0. The van der Waals surface area contributed by atoms with Gasteiger partial charge in [0, 0.05) is 31.4 Å². The van der Waals surface area contributed by atoms with Crippen LogP contribution in [0.2, 0.25) is 0 Å². The zero-order valence-corrected chi connectivity index (χ0v) is 11.8. The topological polar surface area (TPSA) is 47.1 Å². The highest BCUT2D eigenvalue weighted by molar-refractivity contribution is 4.99. The van der Waals surface area contributed by atoms with Crippen molar-refractivity contribution < 1.29 is 0 Å². The molecule has 0 aliphatic heterocycles. The van der Waals surface area contributed by atoms with Gasteiger partial charge >= 0.3 is 0 Å². The van der Waals surface area contributed by atoms with Gasteiger partial charge in [0.25, 0.3) is 0 Å². The Bertz CT molecular complexity index is 368. The van der Waals surface area contributed by atoms with Gasteiger partial charge in [-0.05, 0) is 45.2 Å². The van der Waals surface area contributed by atoms with E-state index < -0.39 is 0 Å². The van der Waals surface area contributed by atoms with E-state index >= 15 is 0 Å². The van der Waals surface area contributed by atoms with Crippen LogP contribution in [-0.2, 0) is 6.54 Å². The third-order valence-corrected chi connectivity index (χ3v) is 3.98. The summed E-state index contributed by atoms with van der Waals surface area (Å²) in [6, 6.07) is 3.08. The summed E-state index contributed by atoms with van der Waals surface area (Å²) in [6.07, 6.45) is 5.59. The quantitative estimate of drug-likeness (QED) is 0.840. The molecule has 0 aromatic carbocycles. The van der Waals surface area contributed by atoms with Crippen molar-refractivity contribution in [1.29, 1.82) is 0 Å². The fourth-order valence-electron chi connectivity index (χ4n) is 2.61. The largest absolute Gasteiger partial charge is 0.328 e. The minimum atomic E-state index is 0.452. The number of hydrogen-bond acceptors (Lipinski definition) is 3. The Balaban J connectivity index is 1.79. The number of hydrogen-bond donors (Lipinski definition) is 1. The first-order valence-electron chi connectivity index (χ1n) is 7.06. The molecule has 0 bridgehead atoms. The van der Waals surface area contributed by atoms with Gasteiger partial charge < -0.3 is 10.6 Å². The first-order chi connectivity index (χ1) is 8.58. The number of nitrogens with two attached hydrogens (primary N) is 1. The van der Waals surface area contributed by atoms with Crippen LogP contribution in [0.4, 0.5) is 0 Å². The van der Waals surface area contributed by atoms with Crippen LogP contribution >= 0.6 is 0 Å². The first kappa shape index (κ1) is 13.6. The number of nitrogens with zero attached hydrogens (tertiary/aromatic N) is 3. The molecular formula is C14H26N4. The van der Waals surface area contributed by atoms with Gasteiger partial charge in [0.15, 0.2) is 0 Å². The first-order valence-corrected chi connectivity index (χ1v) is 7.06. The van der Waals surface area contributed by atoms with Gasteiger partial charge in [-0.3, -0.25) is 4.68 Å². The van der Waals surface area contributed by atoms with Crippen molar-refractivity contribution in [3.63, 3.8) is 0 Å². The number of aromatic nitrogens is 2. The molecule has 1 aliphatic carbocycles. The molecule has 4 nitrogen and oxygen atoms in total. The van der Waals surface area contributed by atoms with Gasteiger partial charge in [0.05, 0.1) is 5.69 Å². The van der Waals surface area contributed by atoms with E-state index in [2.05, 4.69) is 47.8 Å². The van der Waals surface area contributed by atoms with Crippen LogP contribution < -0.4 is 5.73 Å². The van der Waals surface area contributed by atoms with Crippen molar-refractivity contribution in [1.82, 2.24) is 14.7 Å². The molecule has 2 N–H and O–H groups in total. The summed E-state index contributed by atoms with van der Waals surface area (Å²) in [6.45, 7) is 6.48. The van der Waals surface area contributed by atoms with Crippen molar-refractivity contribution in [2.24, 2.45) is 11.7 Å². The molecule has 0 amide bonds. The molecule has 2 rings (SSSR count). The molecule has 1 aromatic heterocycles. The standard InChI is InChI=1S/C14H26N4/c1-4-11(2)18-6-5-14(16-18)10-17(3)9-12-7-13(15)8-12/h5-6,11-13H,4,7-10,15H2,1-3H3. The lowest BCUT2D eigenvalue weighted by Gasteiger charge is -2.35.